The van der Waals surface area contributed by atoms with Gasteiger partial charge in [-0.3, -0.25) is 4.79 Å². The van der Waals surface area contributed by atoms with Crippen molar-refractivity contribution >= 4 is 29.1 Å². The molecule has 0 radical (unpaired) electrons. The Morgan fingerprint density at radius 1 is 1.13 bits per heavy atom. The Labute approximate surface area is 186 Å². The van der Waals surface area contributed by atoms with Crippen molar-refractivity contribution in [2.24, 2.45) is 5.10 Å². The number of rotatable bonds is 3. The zero-order chi connectivity index (χ0) is 22.5. The lowest BCUT2D eigenvalue weighted by Gasteiger charge is -2.50. The van der Waals surface area contributed by atoms with Crippen molar-refractivity contribution in [3.63, 3.8) is 0 Å². The van der Waals surface area contributed by atoms with Gasteiger partial charge in [0.2, 0.25) is 0 Å². The molecule has 4 nitrogen and oxygen atoms in total. The highest BCUT2D eigenvalue weighted by Gasteiger charge is 2.38. The van der Waals surface area contributed by atoms with Gasteiger partial charge in [0, 0.05) is 17.3 Å². The molecule has 162 valence electrons. The van der Waals surface area contributed by atoms with Crippen LogP contribution in [0, 0.1) is 6.92 Å². The smallest absolute Gasteiger partial charge is 0.280 e. The van der Waals surface area contributed by atoms with E-state index in [4.69, 9.17) is 0 Å². The molecule has 0 bridgehead atoms. The van der Waals surface area contributed by atoms with Gasteiger partial charge in [0.05, 0.1) is 17.0 Å². The average molecular weight is 416 g/mol. The summed E-state index contributed by atoms with van der Waals surface area (Å²) in [6.07, 6.45) is 3.13. The molecule has 0 aliphatic carbocycles. The third kappa shape index (κ3) is 3.69. The van der Waals surface area contributed by atoms with Gasteiger partial charge in [-0.15, -0.1) is 0 Å². The fraction of sp³-hybridized carbons (Fsp3) is 0.407. The molecule has 31 heavy (non-hydrogen) atoms. The minimum Gasteiger partial charge on any atom is -0.364 e. The Balaban J connectivity index is 1.76. The number of para-hydroxylation sites is 1. The number of carbonyl (C=O) groups excluding carboxylic acids is 1. The highest BCUT2D eigenvalue weighted by molar-refractivity contribution is 6.32. The molecule has 0 saturated carbocycles. The number of hydrogen-bond donors (Lipinski definition) is 0. The Kier molecular flexibility index (Phi) is 5.28. The van der Waals surface area contributed by atoms with Crippen molar-refractivity contribution in [3.8, 4) is 0 Å². The molecule has 0 saturated heterocycles. The van der Waals surface area contributed by atoms with Crippen LogP contribution in [0.5, 0.6) is 0 Å². The number of hydrogen-bond acceptors (Lipinski definition) is 3. The average Bonchev–Trinajstić information content (AvgIpc) is 2.97. The molecular formula is C27H33N3O. The summed E-state index contributed by atoms with van der Waals surface area (Å²) in [6, 6.07) is 14.6. The number of carbonyl (C=O) groups is 1. The lowest BCUT2D eigenvalue weighted by atomic mass is 9.78. The Morgan fingerprint density at radius 3 is 2.45 bits per heavy atom. The number of hydrazone groups is 1. The number of aryl methyl sites for hydroxylation is 1. The molecule has 2 aromatic carbocycles. The van der Waals surface area contributed by atoms with Crippen LogP contribution >= 0.6 is 0 Å². The first kappa shape index (κ1) is 21.4. The van der Waals surface area contributed by atoms with Crippen LogP contribution in [0.2, 0.25) is 0 Å². The van der Waals surface area contributed by atoms with Gasteiger partial charge in [-0.1, -0.05) is 25.1 Å². The minimum absolute atomic E-state index is 0.0705. The van der Waals surface area contributed by atoms with Crippen LogP contribution in [-0.4, -0.2) is 23.2 Å². The largest absolute Gasteiger partial charge is 0.364 e. The molecule has 2 aromatic rings. The molecule has 0 fully saturated rings. The highest BCUT2D eigenvalue weighted by Crippen LogP contribution is 2.45. The molecule has 1 atom stereocenters. The van der Waals surface area contributed by atoms with E-state index in [2.05, 4.69) is 63.7 Å². The Morgan fingerprint density at radius 2 is 1.81 bits per heavy atom. The second kappa shape index (κ2) is 7.67. The summed E-state index contributed by atoms with van der Waals surface area (Å²) in [5, 5.41) is 6.03. The number of anilines is 2. The number of fused-ring (bicyclic) bond motifs is 1. The monoisotopic (exact) mass is 415 g/mol. The van der Waals surface area contributed by atoms with Gasteiger partial charge >= 0.3 is 0 Å². The van der Waals surface area contributed by atoms with E-state index in [1.165, 1.54) is 21.8 Å². The van der Waals surface area contributed by atoms with Crippen LogP contribution in [0.1, 0.15) is 70.6 Å². The first-order chi connectivity index (χ1) is 14.6. The summed E-state index contributed by atoms with van der Waals surface area (Å²) in [5.41, 5.74) is 7.30. The Hall–Kier alpha value is -2.88. The predicted molar refractivity (Wildman–Crippen MR) is 131 cm³/mol. The van der Waals surface area contributed by atoms with Gasteiger partial charge in [0.1, 0.15) is 0 Å². The maximum atomic E-state index is 13.1. The van der Waals surface area contributed by atoms with Gasteiger partial charge < -0.3 is 4.90 Å². The molecule has 0 aromatic heterocycles. The summed E-state index contributed by atoms with van der Waals surface area (Å²) in [7, 11) is 0. The van der Waals surface area contributed by atoms with Crippen molar-refractivity contribution < 1.29 is 4.79 Å². The van der Waals surface area contributed by atoms with E-state index in [1.54, 1.807) is 0 Å². The number of benzene rings is 2. The molecule has 2 aliphatic rings. The SMILES string of the molecule is CC1=NN(c2ccccc2)C(=O)/C1=C/c1cc2c(cc1C)N(C(C)C)C(C)(C)CC2C. The first-order valence-corrected chi connectivity index (χ1v) is 11.2. The van der Waals surface area contributed by atoms with E-state index in [0.29, 0.717) is 17.5 Å². The van der Waals surface area contributed by atoms with Gasteiger partial charge in [0.15, 0.2) is 0 Å². The van der Waals surface area contributed by atoms with E-state index in [-0.39, 0.29) is 11.4 Å². The van der Waals surface area contributed by atoms with E-state index in [1.807, 2.05) is 43.3 Å². The maximum absolute atomic E-state index is 13.1. The molecule has 4 rings (SSSR count). The van der Waals surface area contributed by atoms with Crippen LogP contribution in [0.15, 0.2) is 53.1 Å². The molecule has 0 spiro atoms. The number of nitrogens with zero attached hydrogens (tertiary/aromatic N) is 3. The summed E-state index contributed by atoms with van der Waals surface area (Å²) in [5.74, 6) is 0.395. The van der Waals surface area contributed by atoms with Gasteiger partial charge in [-0.05, 0) is 101 Å². The molecule has 4 heteroatoms. The Bertz CT molecular complexity index is 1080. The van der Waals surface area contributed by atoms with Crippen LogP contribution in [0.3, 0.4) is 0 Å². The molecular weight excluding hydrogens is 382 g/mol. The molecule has 1 unspecified atom stereocenters. The van der Waals surface area contributed by atoms with Crippen LogP contribution in [0.25, 0.3) is 6.08 Å². The van der Waals surface area contributed by atoms with E-state index in [0.717, 1.165) is 23.4 Å². The second-order valence-electron chi connectivity index (χ2n) is 9.84. The van der Waals surface area contributed by atoms with Crippen molar-refractivity contribution in [2.75, 3.05) is 9.91 Å². The van der Waals surface area contributed by atoms with E-state index < -0.39 is 0 Å². The molecule has 2 heterocycles. The third-order valence-electron chi connectivity index (χ3n) is 6.54. The quantitative estimate of drug-likeness (QED) is 0.551. The maximum Gasteiger partial charge on any atom is 0.280 e. The van der Waals surface area contributed by atoms with Gasteiger partial charge in [0.25, 0.3) is 5.91 Å². The topological polar surface area (TPSA) is 35.9 Å². The zero-order valence-electron chi connectivity index (χ0n) is 19.7. The molecule has 1 amide bonds. The summed E-state index contributed by atoms with van der Waals surface area (Å²) >= 11 is 0. The van der Waals surface area contributed by atoms with E-state index >= 15 is 0 Å². The number of amides is 1. The normalized spacial score (nSPS) is 21.7. The molecule has 2 aliphatic heterocycles. The van der Waals surface area contributed by atoms with Crippen molar-refractivity contribution in [1.29, 1.82) is 0 Å². The first-order valence-electron chi connectivity index (χ1n) is 11.2. The van der Waals surface area contributed by atoms with Crippen LogP contribution in [0.4, 0.5) is 11.4 Å². The van der Waals surface area contributed by atoms with E-state index in [9.17, 15) is 4.79 Å². The summed E-state index contributed by atoms with van der Waals surface area (Å²) in [4.78, 5) is 15.7. The molecule has 0 N–H and O–H groups in total. The highest BCUT2D eigenvalue weighted by atomic mass is 16.2. The predicted octanol–water partition coefficient (Wildman–Crippen LogP) is 6.30. The standard InChI is InChI=1S/C27H33N3O/c1-17(2)29-25-13-18(3)21(14-23(25)19(4)16-27(29,6)7)15-24-20(5)28-30(26(24)31)22-11-9-8-10-12-22/h8-15,17,19H,16H2,1-7H3/b24-15+. The lowest BCUT2D eigenvalue weighted by Crippen LogP contribution is -2.51. The lowest BCUT2D eigenvalue weighted by molar-refractivity contribution is -0.114. The minimum atomic E-state index is -0.0705. The van der Waals surface area contributed by atoms with Gasteiger partial charge in [-0.25, -0.2) is 0 Å². The summed E-state index contributed by atoms with van der Waals surface area (Å²) < 4.78 is 0. The van der Waals surface area contributed by atoms with Crippen LogP contribution in [-0.2, 0) is 4.79 Å². The fourth-order valence-corrected chi connectivity index (χ4v) is 5.33. The zero-order valence-corrected chi connectivity index (χ0v) is 19.7. The third-order valence-corrected chi connectivity index (χ3v) is 6.54. The van der Waals surface area contributed by atoms with Crippen LogP contribution < -0.4 is 9.91 Å². The van der Waals surface area contributed by atoms with Gasteiger partial charge in [-0.2, -0.15) is 10.1 Å². The van der Waals surface area contributed by atoms with Crippen molar-refractivity contribution in [3.05, 3.63) is 64.7 Å². The van der Waals surface area contributed by atoms with Crippen molar-refractivity contribution in [2.45, 2.75) is 72.4 Å². The fourth-order valence-electron chi connectivity index (χ4n) is 5.33. The summed E-state index contributed by atoms with van der Waals surface area (Å²) in [6.45, 7) is 15.6. The second-order valence-corrected chi connectivity index (χ2v) is 9.84. The van der Waals surface area contributed by atoms with Crippen molar-refractivity contribution in [1.82, 2.24) is 0 Å².